The number of methoxy groups -OCH3 is 1. The fourth-order valence-electron chi connectivity index (χ4n) is 4.11. The lowest BCUT2D eigenvalue weighted by atomic mass is 9.98. The topological polar surface area (TPSA) is 191 Å². The zero-order chi connectivity index (χ0) is 29.0. The Hall–Kier alpha value is -3.65. The number of benzene rings is 1. The van der Waals surface area contributed by atoms with E-state index in [1.165, 1.54) is 44.0 Å². The summed E-state index contributed by atoms with van der Waals surface area (Å²) in [6, 6.07) is 5.28. The number of para-hydroxylation sites is 2. The van der Waals surface area contributed by atoms with E-state index in [0.717, 1.165) is 6.42 Å². The van der Waals surface area contributed by atoms with E-state index in [0.29, 0.717) is 17.9 Å². The molecule has 2 aromatic heterocycles. The number of nitrogens with two attached hydrogens (primary N) is 1. The van der Waals surface area contributed by atoms with E-state index in [9.17, 15) is 14.8 Å². The van der Waals surface area contributed by atoms with Crippen molar-refractivity contribution in [3.63, 3.8) is 0 Å². The van der Waals surface area contributed by atoms with E-state index >= 15 is 4.39 Å². The molecule has 1 aliphatic heterocycles. The van der Waals surface area contributed by atoms with Gasteiger partial charge in [-0.25, -0.2) is 14.2 Å². The van der Waals surface area contributed by atoms with Gasteiger partial charge in [0, 0.05) is 6.54 Å². The van der Waals surface area contributed by atoms with Gasteiger partial charge in [0.05, 0.1) is 13.4 Å². The summed E-state index contributed by atoms with van der Waals surface area (Å²) in [7, 11) is -1.45. The molecule has 0 amide bonds. The third-order valence-electron chi connectivity index (χ3n) is 6.19. The van der Waals surface area contributed by atoms with Gasteiger partial charge >= 0.3 is 14.1 Å². The Morgan fingerprint density at radius 2 is 2.12 bits per heavy atom. The molecule has 0 saturated carbocycles. The van der Waals surface area contributed by atoms with Crippen LogP contribution in [0.4, 0.5) is 16.2 Å². The number of hydrogen-bond donors (Lipinski definition) is 3. The lowest BCUT2D eigenvalue weighted by Crippen LogP contribution is -2.41. The van der Waals surface area contributed by atoms with Gasteiger partial charge in [0.25, 0.3) is 0 Å². The summed E-state index contributed by atoms with van der Waals surface area (Å²) in [6.45, 7) is 4.95. The summed E-state index contributed by atoms with van der Waals surface area (Å²) in [5, 5.41) is 14.0. The predicted octanol–water partition coefficient (Wildman–Crippen LogP) is 2.09. The van der Waals surface area contributed by atoms with Crippen molar-refractivity contribution in [2.45, 2.75) is 57.3 Å². The normalized spacial score (nSPS) is 23.7. The smallest absolute Gasteiger partial charge is 0.395 e. The molecule has 216 valence electrons. The molecule has 0 bridgehead atoms. The minimum absolute atomic E-state index is 0.0329. The highest BCUT2D eigenvalue weighted by molar-refractivity contribution is 7.34. The molecule has 6 atom stereocenters. The van der Waals surface area contributed by atoms with Crippen LogP contribution in [0.15, 0.2) is 35.3 Å². The second-order valence-electron chi connectivity index (χ2n) is 9.21. The highest BCUT2D eigenvalue weighted by atomic mass is 31.1. The molecule has 4 rings (SSSR count). The predicted molar refractivity (Wildman–Crippen MR) is 141 cm³/mol. The first-order valence-electron chi connectivity index (χ1n) is 12.5. The summed E-state index contributed by atoms with van der Waals surface area (Å²) in [5.74, 6) is -0.0802. The van der Waals surface area contributed by atoms with E-state index < -0.39 is 44.3 Å². The van der Waals surface area contributed by atoms with Gasteiger partial charge in [-0.1, -0.05) is 23.8 Å². The number of alkyl halides is 1. The Bertz CT molecular complexity index is 1390. The van der Waals surface area contributed by atoms with Crippen molar-refractivity contribution in [1.82, 2.24) is 19.5 Å². The van der Waals surface area contributed by atoms with Crippen LogP contribution in [-0.2, 0) is 14.3 Å². The number of imidazole rings is 1. The molecule has 3 heterocycles. The summed E-state index contributed by atoms with van der Waals surface area (Å²) in [4.78, 5) is 36.6. The summed E-state index contributed by atoms with van der Waals surface area (Å²) in [6.07, 6.45) is -1.82. The van der Waals surface area contributed by atoms with Gasteiger partial charge in [-0.05, 0) is 32.4 Å². The minimum atomic E-state index is -2.64. The van der Waals surface area contributed by atoms with Gasteiger partial charge in [-0.3, -0.25) is 9.09 Å². The number of carbonyl (C=O) groups excluding carboxylic acids is 1. The van der Waals surface area contributed by atoms with Crippen LogP contribution in [0, 0.1) is 0 Å². The van der Waals surface area contributed by atoms with Crippen LogP contribution in [0.2, 0.25) is 0 Å². The van der Waals surface area contributed by atoms with Crippen molar-refractivity contribution in [2.24, 2.45) is 4.74 Å². The molecule has 3 aromatic rings. The molecule has 16 heteroatoms. The molecule has 2 unspecified atom stereocenters. The average Bonchev–Trinajstić information content (AvgIpc) is 3.43. The molecular weight excluding hydrogens is 548 g/mol. The van der Waals surface area contributed by atoms with Crippen molar-refractivity contribution in [1.29, 1.82) is 0 Å². The van der Waals surface area contributed by atoms with Gasteiger partial charge in [0.2, 0.25) is 11.7 Å². The zero-order valence-corrected chi connectivity index (χ0v) is 23.2. The molecule has 0 spiro atoms. The molecule has 1 saturated heterocycles. The second kappa shape index (κ2) is 12.3. The first kappa shape index (κ1) is 29.3. The van der Waals surface area contributed by atoms with Crippen molar-refractivity contribution in [2.75, 3.05) is 31.3 Å². The number of anilines is 2. The highest BCUT2D eigenvalue weighted by Gasteiger charge is 2.55. The van der Waals surface area contributed by atoms with E-state index in [4.69, 9.17) is 19.7 Å². The van der Waals surface area contributed by atoms with Crippen LogP contribution in [0.25, 0.3) is 11.2 Å². The van der Waals surface area contributed by atoms with E-state index in [1.54, 1.807) is 12.1 Å². The first-order valence-corrected chi connectivity index (χ1v) is 13.6. The molecule has 14 nitrogen and oxygen atoms in total. The van der Waals surface area contributed by atoms with Crippen LogP contribution < -0.4 is 25.2 Å². The Kier molecular flexibility index (Phi) is 8.98. The number of rotatable bonds is 11. The van der Waals surface area contributed by atoms with Gasteiger partial charge in [-0.2, -0.15) is 9.97 Å². The largest absolute Gasteiger partial charge is 0.575 e. The van der Waals surface area contributed by atoms with E-state index in [2.05, 4.69) is 29.8 Å². The number of aromatic nitrogens is 4. The van der Waals surface area contributed by atoms with Crippen molar-refractivity contribution in [3.8, 4) is 11.5 Å². The summed E-state index contributed by atoms with van der Waals surface area (Å²) >= 11 is 0. The fraction of sp³-hybridized carbons (Fsp3) is 0.500. The number of aliphatic hydroxyl groups is 1. The Morgan fingerprint density at radius 3 is 2.83 bits per heavy atom. The average molecular weight is 580 g/mol. The molecular formula is C24H31FN7O7P. The van der Waals surface area contributed by atoms with Crippen LogP contribution >= 0.6 is 8.17 Å². The van der Waals surface area contributed by atoms with Gasteiger partial charge < -0.3 is 35.3 Å². The van der Waals surface area contributed by atoms with Crippen molar-refractivity contribution >= 4 is 37.1 Å². The third-order valence-corrected chi connectivity index (χ3v) is 7.08. The second-order valence-corrected chi connectivity index (χ2v) is 10.1. The number of nitrogens with zero attached hydrogens (tertiary/aromatic N) is 5. The molecule has 40 heavy (non-hydrogen) atoms. The Balaban J connectivity index is 1.52. The first-order chi connectivity index (χ1) is 19.1. The SMILES string of the molecule is CCCNc1nc(N)nc2c1ncn2C1O[C@H](COc2ccccc2O[P+]([O-])=N[C@@H](C)C(=O)OC)[C@@H](O)[C@@]1(C)F. The number of carbonyl (C=O) groups is 1. The third kappa shape index (κ3) is 6.07. The van der Waals surface area contributed by atoms with Crippen molar-refractivity contribution in [3.05, 3.63) is 30.6 Å². The van der Waals surface area contributed by atoms with E-state index in [-0.39, 0.29) is 29.7 Å². The Morgan fingerprint density at radius 1 is 1.40 bits per heavy atom. The monoisotopic (exact) mass is 579 g/mol. The van der Waals surface area contributed by atoms with Gasteiger partial charge in [0.1, 0.15) is 18.8 Å². The highest BCUT2D eigenvalue weighted by Crippen LogP contribution is 2.43. The number of nitrogen functional groups attached to an aromatic ring is 1. The number of esters is 1. The number of halogens is 1. The maximum Gasteiger partial charge on any atom is 0.395 e. The quantitative estimate of drug-likeness (QED) is 0.222. The molecule has 1 aromatic carbocycles. The maximum atomic E-state index is 15.9. The molecule has 1 fully saturated rings. The number of aliphatic hydroxyl groups excluding tert-OH is 1. The maximum absolute atomic E-state index is 15.9. The minimum Gasteiger partial charge on any atom is -0.575 e. The standard InChI is InChI=1S/C24H31FN7O7P/c1-5-10-27-19-17-20(30-23(26)29-19)32(12-28-17)22-24(3,25)18(33)16(38-22)11-37-14-8-6-7-9-15(14)39-40(35)31-13(2)21(34)36-4/h6-9,12-13,16,18,22,33H,5,10-11H2,1-4H3,(H3,26,27,29,30)/t13-,16+,18+,22?,24+/m0/s1. The van der Waals surface area contributed by atoms with Crippen LogP contribution in [0.1, 0.15) is 33.4 Å². The van der Waals surface area contributed by atoms with Gasteiger partial charge in [-0.15, -0.1) is 0 Å². The number of ether oxygens (including phenoxy) is 3. The number of nitrogens with one attached hydrogen (secondary N) is 1. The lowest BCUT2D eigenvalue weighted by Gasteiger charge is -2.24. The lowest BCUT2D eigenvalue weighted by molar-refractivity contribution is -0.169. The summed E-state index contributed by atoms with van der Waals surface area (Å²) in [5.41, 5.74) is 4.24. The molecule has 0 aliphatic carbocycles. The van der Waals surface area contributed by atoms with Crippen LogP contribution in [0.5, 0.6) is 11.5 Å². The molecule has 1 aliphatic rings. The Labute approximate surface area is 230 Å². The number of hydrogen-bond acceptors (Lipinski definition) is 13. The van der Waals surface area contributed by atoms with Crippen LogP contribution in [0.3, 0.4) is 0 Å². The van der Waals surface area contributed by atoms with Gasteiger partial charge in [0.15, 0.2) is 40.7 Å². The van der Waals surface area contributed by atoms with E-state index in [1.807, 2.05) is 6.92 Å². The molecule has 4 N–H and O–H groups in total. The summed E-state index contributed by atoms with van der Waals surface area (Å²) < 4.78 is 42.7. The van der Waals surface area contributed by atoms with Crippen LogP contribution in [-0.4, -0.2) is 74.8 Å². The molecule has 0 radical (unpaired) electrons. The fourth-order valence-corrected chi connectivity index (χ4v) is 4.85. The van der Waals surface area contributed by atoms with Crippen molar-refractivity contribution < 1.29 is 37.9 Å². The number of fused-ring (bicyclic) bond motifs is 1. The zero-order valence-electron chi connectivity index (χ0n) is 22.4.